The number of hydrogen-bond acceptors (Lipinski definition) is 5. The summed E-state index contributed by atoms with van der Waals surface area (Å²) in [4.78, 5) is 2.49. The van der Waals surface area contributed by atoms with Crippen LogP contribution in [0.25, 0.3) is 0 Å². The summed E-state index contributed by atoms with van der Waals surface area (Å²) in [5.74, 6) is 0.605. The molecule has 3 heterocycles. The van der Waals surface area contributed by atoms with Gasteiger partial charge in [-0.15, -0.1) is 22.7 Å². The van der Waals surface area contributed by atoms with Crippen LogP contribution in [0.2, 0.25) is 0 Å². The fraction of sp³-hybridized carbons (Fsp3) is 0.429. The molecule has 2 aromatic heterocycles. The van der Waals surface area contributed by atoms with Crippen LogP contribution >= 0.6 is 22.7 Å². The molecular formula is C14H17NO2S3. The Morgan fingerprint density at radius 3 is 2.30 bits per heavy atom. The van der Waals surface area contributed by atoms with Gasteiger partial charge in [0.2, 0.25) is 0 Å². The molecule has 1 aliphatic rings. The molecule has 1 aliphatic heterocycles. The predicted octanol–water partition coefficient (Wildman–Crippen LogP) is 3.07. The van der Waals surface area contributed by atoms with E-state index in [1.165, 1.54) is 9.75 Å². The van der Waals surface area contributed by atoms with E-state index < -0.39 is 9.84 Å². The van der Waals surface area contributed by atoms with Crippen LogP contribution in [0.3, 0.4) is 0 Å². The van der Waals surface area contributed by atoms with E-state index in [1.54, 1.807) is 22.7 Å². The van der Waals surface area contributed by atoms with Gasteiger partial charge in [-0.1, -0.05) is 12.1 Å². The third-order valence-electron chi connectivity index (χ3n) is 3.52. The topological polar surface area (TPSA) is 46.2 Å². The van der Waals surface area contributed by atoms with E-state index in [9.17, 15) is 8.42 Å². The Kier molecular flexibility index (Phi) is 4.26. The number of sulfone groups is 1. The molecule has 0 radical (unpaired) electrons. The van der Waals surface area contributed by atoms with E-state index in [1.807, 2.05) is 12.1 Å². The van der Waals surface area contributed by atoms with E-state index in [-0.39, 0.29) is 17.8 Å². The normalized spacial score (nSPS) is 22.1. The minimum atomic E-state index is -2.87. The lowest BCUT2D eigenvalue weighted by Gasteiger charge is -2.27. The van der Waals surface area contributed by atoms with Crippen molar-refractivity contribution < 1.29 is 8.42 Å². The third-order valence-corrected chi connectivity index (χ3v) is 7.22. The summed E-state index contributed by atoms with van der Waals surface area (Å²) in [6.07, 6.45) is 1.70. The summed E-state index contributed by atoms with van der Waals surface area (Å²) in [7, 11) is -2.87. The second-order valence-corrected chi connectivity index (χ2v) is 9.27. The Bertz CT molecular complexity index is 598. The quantitative estimate of drug-likeness (QED) is 0.939. The van der Waals surface area contributed by atoms with Gasteiger partial charge < -0.3 is 5.32 Å². The van der Waals surface area contributed by atoms with Crippen LogP contribution in [0.5, 0.6) is 0 Å². The van der Waals surface area contributed by atoms with Crippen molar-refractivity contribution in [3.8, 4) is 0 Å². The molecule has 0 saturated carbocycles. The summed E-state index contributed by atoms with van der Waals surface area (Å²) in [5.41, 5.74) is 0. The van der Waals surface area contributed by atoms with Gasteiger partial charge in [-0.2, -0.15) is 0 Å². The highest BCUT2D eigenvalue weighted by Gasteiger charge is 2.28. The molecule has 0 amide bonds. The van der Waals surface area contributed by atoms with Gasteiger partial charge in [0.15, 0.2) is 9.84 Å². The van der Waals surface area contributed by atoms with Crippen LogP contribution in [0, 0.1) is 0 Å². The molecule has 1 saturated heterocycles. The smallest absolute Gasteiger partial charge is 0.151 e. The average Bonchev–Trinajstić information content (AvgIpc) is 3.08. The van der Waals surface area contributed by atoms with E-state index in [0.717, 1.165) is 12.8 Å². The van der Waals surface area contributed by atoms with Crippen LogP contribution < -0.4 is 5.32 Å². The van der Waals surface area contributed by atoms with Crippen molar-refractivity contribution in [2.45, 2.75) is 24.9 Å². The van der Waals surface area contributed by atoms with Crippen LogP contribution in [0.15, 0.2) is 35.0 Å². The maximum Gasteiger partial charge on any atom is 0.151 e. The molecule has 1 fully saturated rings. The molecular weight excluding hydrogens is 310 g/mol. The first-order chi connectivity index (χ1) is 9.64. The molecule has 1 atom stereocenters. The Morgan fingerprint density at radius 1 is 1.15 bits per heavy atom. The van der Waals surface area contributed by atoms with Crippen molar-refractivity contribution in [2.24, 2.45) is 0 Å². The summed E-state index contributed by atoms with van der Waals surface area (Å²) >= 11 is 3.42. The number of rotatable bonds is 4. The number of thiophene rings is 2. The summed E-state index contributed by atoms with van der Waals surface area (Å²) < 4.78 is 23.6. The van der Waals surface area contributed by atoms with Crippen molar-refractivity contribution in [3.63, 3.8) is 0 Å². The summed E-state index contributed by atoms with van der Waals surface area (Å²) in [6.45, 7) is 0. The Morgan fingerprint density at radius 2 is 1.80 bits per heavy atom. The van der Waals surface area contributed by atoms with Gasteiger partial charge in [-0.05, 0) is 35.7 Å². The van der Waals surface area contributed by atoms with Gasteiger partial charge in [-0.25, -0.2) is 8.42 Å². The van der Waals surface area contributed by atoms with Crippen molar-refractivity contribution in [2.75, 3.05) is 11.5 Å². The van der Waals surface area contributed by atoms with Gasteiger partial charge >= 0.3 is 0 Å². The zero-order valence-corrected chi connectivity index (χ0v) is 13.4. The number of hydrogen-bond donors (Lipinski definition) is 1. The lowest BCUT2D eigenvalue weighted by atomic mass is 10.1. The van der Waals surface area contributed by atoms with Gasteiger partial charge in [0, 0.05) is 15.8 Å². The molecule has 3 nitrogen and oxygen atoms in total. The predicted molar refractivity (Wildman–Crippen MR) is 85.3 cm³/mol. The molecule has 0 aromatic carbocycles. The maximum atomic E-state index is 11.8. The molecule has 108 valence electrons. The molecule has 2 aromatic rings. The van der Waals surface area contributed by atoms with Gasteiger partial charge in [0.05, 0.1) is 17.5 Å². The summed E-state index contributed by atoms with van der Waals surface area (Å²) in [5, 5.41) is 7.69. The highest BCUT2D eigenvalue weighted by Crippen LogP contribution is 2.30. The monoisotopic (exact) mass is 327 g/mol. The van der Waals surface area contributed by atoms with E-state index in [0.29, 0.717) is 5.75 Å². The molecule has 0 bridgehead atoms. The van der Waals surface area contributed by atoms with Crippen LogP contribution in [-0.2, 0) is 9.84 Å². The minimum absolute atomic E-state index is 0.0583. The maximum absolute atomic E-state index is 11.8. The summed E-state index contributed by atoms with van der Waals surface area (Å²) in [6, 6.07) is 8.48. The molecule has 1 unspecified atom stereocenters. The molecule has 0 spiro atoms. The molecule has 6 heteroatoms. The molecule has 3 rings (SSSR count). The highest BCUT2D eigenvalue weighted by molar-refractivity contribution is 7.91. The Balaban J connectivity index is 1.81. The van der Waals surface area contributed by atoms with Crippen LogP contribution in [0.1, 0.15) is 28.6 Å². The van der Waals surface area contributed by atoms with Crippen molar-refractivity contribution in [1.82, 2.24) is 5.32 Å². The molecule has 20 heavy (non-hydrogen) atoms. The highest BCUT2D eigenvalue weighted by atomic mass is 32.2. The van der Waals surface area contributed by atoms with Gasteiger partial charge in [-0.3, -0.25) is 0 Å². The van der Waals surface area contributed by atoms with Crippen LogP contribution in [0.4, 0.5) is 0 Å². The van der Waals surface area contributed by atoms with Gasteiger partial charge in [0.25, 0.3) is 0 Å². The average molecular weight is 327 g/mol. The number of nitrogens with one attached hydrogen (secondary N) is 1. The Hall–Kier alpha value is -0.690. The van der Waals surface area contributed by atoms with Crippen LogP contribution in [-0.4, -0.2) is 26.0 Å². The van der Waals surface area contributed by atoms with E-state index in [4.69, 9.17) is 0 Å². The largest absolute Gasteiger partial charge is 0.301 e. The fourth-order valence-corrected chi connectivity index (χ4v) is 5.93. The molecule has 1 N–H and O–H groups in total. The SMILES string of the molecule is O=S1(=O)CCCC(NC(c2cccs2)c2cccs2)C1. The lowest BCUT2D eigenvalue weighted by Crippen LogP contribution is -2.41. The van der Waals surface area contributed by atoms with Crippen molar-refractivity contribution in [1.29, 1.82) is 0 Å². The zero-order valence-electron chi connectivity index (χ0n) is 11.0. The van der Waals surface area contributed by atoms with Crippen molar-refractivity contribution >= 4 is 32.5 Å². The standard InChI is InChI=1S/C14H17NO2S3/c16-20(17)9-3-4-11(10-20)15-14(12-5-1-7-18-12)13-6-2-8-19-13/h1-2,5-8,11,14-15H,3-4,9-10H2. The fourth-order valence-electron chi connectivity index (χ4n) is 2.61. The Labute approximate surface area is 127 Å². The van der Waals surface area contributed by atoms with E-state index >= 15 is 0 Å². The minimum Gasteiger partial charge on any atom is -0.301 e. The molecule has 0 aliphatic carbocycles. The first-order valence-electron chi connectivity index (χ1n) is 6.67. The lowest BCUT2D eigenvalue weighted by molar-refractivity contribution is 0.456. The first-order valence-corrected chi connectivity index (χ1v) is 10.3. The van der Waals surface area contributed by atoms with Gasteiger partial charge in [0.1, 0.15) is 0 Å². The van der Waals surface area contributed by atoms with E-state index in [2.05, 4.69) is 28.2 Å². The second kappa shape index (κ2) is 5.97. The third kappa shape index (κ3) is 3.31. The zero-order chi connectivity index (χ0) is 14.0. The first kappa shape index (κ1) is 14.3. The second-order valence-electron chi connectivity index (χ2n) is 5.08. The van der Waals surface area contributed by atoms with Crippen molar-refractivity contribution in [3.05, 3.63) is 44.8 Å².